The van der Waals surface area contributed by atoms with Gasteiger partial charge in [0.05, 0.1) is 11.5 Å². The molecule has 0 aliphatic carbocycles. The zero-order valence-corrected chi connectivity index (χ0v) is 11.3. The Morgan fingerprint density at radius 1 is 1.33 bits per heavy atom. The van der Waals surface area contributed by atoms with Crippen molar-refractivity contribution in [3.8, 4) is 5.75 Å². The van der Waals surface area contributed by atoms with Crippen LogP contribution in [0.3, 0.4) is 0 Å². The first-order valence-corrected chi connectivity index (χ1v) is 6.02. The first-order valence-electron chi connectivity index (χ1n) is 6.02. The highest BCUT2D eigenvalue weighted by atomic mass is 19.4. The molecule has 1 aromatic carbocycles. The Balaban J connectivity index is 2.56. The monoisotopic (exact) mass is 308 g/mol. The van der Waals surface area contributed by atoms with Crippen molar-refractivity contribution < 1.29 is 27.6 Å². The molecule has 9 heteroatoms. The minimum atomic E-state index is -4.40. The fraction of sp³-hybridized carbons (Fsp3) is 0.500. The zero-order chi connectivity index (χ0) is 15.9. The Hall–Kier alpha value is -1.87. The molecule has 0 unspecified atom stereocenters. The van der Waals surface area contributed by atoms with E-state index >= 15 is 0 Å². The number of ether oxygens (including phenoxy) is 2. The van der Waals surface area contributed by atoms with E-state index in [2.05, 4.69) is 10.1 Å². The number of nitrogens with one attached hydrogen (secondary N) is 1. The number of hydrogen-bond acceptors (Lipinski definition) is 5. The second-order valence-electron chi connectivity index (χ2n) is 4.11. The van der Waals surface area contributed by atoms with Gasteiger partial charge < -0.3 is 14.8 Å². The third-order valence-electron chi connectivity index (χ3n) is 2.35. The molecule has 6 nitrogen and oxygen atoms in total. The summed E-state index contributed by atoms with van der Waals surface area (Å²) in [6.45, 7) is -1.44. The molecule has 0 aliphatic rings. The largest absolute Gasteiger partial charge is 0.484 e. The van der Waals surface area contributed by atoms with Crippen molar-refractivity contribution in [3.63, 3.8) is 0 Å². The quantitative estimate of drug-likeness (QED) is 0.453. The first kappa shape index (κ1) is 17.2. The zero-order valence-electron chi connectivity index (χ0n) is 11.3. The molecule has 0 amide bonds. The second-order valence-corrected chi connectivity index (χ2v) is 4.11. The van der Waals surface area contributed by atoms with Crippen LogP contribution in [0.2, 0.25) is 0 Å². The van der Waals surface area contributed by atoms with Gasteiger partial charge in [0.2, 0.25) is 0 Å². The normalized spacial score (nSPS) is 11.4. The summed E-state index contributed by atoms with van der Waals surface area (Å²) >= 11 is 0. The molecular formula is C12H15F3N2O4. The van der Waals surface area contributed by atoms with Crippen LogP contribution < -0.4 is 10.1 Å². The third-order valence-corrected chi connectivity index (χ3v) is 2.35. The standard InChI is InChI=1S/C12H15F3N2O4/c1-16-7-9-2-3-11(10(6-9)17(18)19)21-5-4-20-8-12(13,14)15/h2-3,6,16H,4-5,7-8H2,1H3. The maximum Gasteiger partial charge on any atom is 0.411 e. The van der Waals surface area contributed by atoms with Crippen LogP contribution in [0.4, 0.5) is 18.9 Å². The highest BCUT2D eigenvalue weighted by Crippen LogP contribution is 2.28. The van der Waals surface area contributed by atoms with E-state index in [1.165, 1.54) is 12.1 Å². The summed E-state index contributed by atoms with van der Waals surface area (Å²) in [6, 6.07) is 4.40. The van der Waals surface area contributed by atoms with Crippen LogP contribution in [0.5, 0.6) is 5.75 Å². The van der Waals surface area contributed by atoms with E-state index in [1.54, 1.807) is 13.1 Å². The molecule has 0 saturated heterocycles. The molecule has 118 valence electrons. The Bertz CT molecular complexity index is 480. The van der Waals surface area contributed by atoms with Gasteiger partial charge in [-0.2, -0.15) is 13.2 Å². The number of alkyl halides is 3. The van der Waals surface area contributed by atoms with Crippen LogP contribution in [-0.2, 0) is 11.3 Å². The molecule has 0 aromatic heterocycles. The van der Waals surface area contributed by atoms with Crippen molar-refractivity contribution in [2.75, 3.05) is 26.9 Å². The van der Waals surface area contributed by atoms with E-state index in [-0.39, 0.29) is 24.7 Å². The van der Waals surface area contributed by atoms with Gasteiger partial charge in [-0.05, 0) is 18.7 Å². The molecule has 0 saturated carbocycles. The van der Waals surface area contributed by atoms with Crippen molar-refractivity contribution in [1.82, 2.24) is 5.32 Å². The van der Waals surface area contributed by atoms with Crippen LogP contribution in [0.25, 0.3) is 0 Å². The van der Waals surface area contributed by atoms with Crippen molar-refractivity contribution in [2.45, 2.75) is 12.7 Å². The van der Waals surface area contributed by atoms with Crippen LogP contribution in [0, 0.1) is 10.1 Å². The third kappa shape index (κ3) is 6.41. The SMILES string of the molecule is CNCc1ccc(OCCOCC(F)(F)F)c([N+](=O)[O-])c1. The number of nitro groups is 1. The topological polar surface area (TPSA) is 73.6 Å². The average Bonchev–Trinajstić information content (AvgIpc) is 2.38. The molecule has 0 bridgehead atoms. The summed E-state index contributed by atoms with van der Waals surface area (Å²) in [5, 5.41) is 13.8. The van der Waals surface area contributed by atoms with E-state index in [0.29, 0.717) is 12.1 Å². The number of benzene rings is 1. The van der Waals surface area contributed by atoms with Gasteiger partial charge in [-0.1, -0.05) is 6.07 Å². The molecule has 0 spiro atoms. The lowest BCUT2D eigenvalue weighted by atomic mass is 10.2. The molecule has 0 radical (unpaired) electrons. The maximum atomic E-state index is 11.8. The number of hydrogen-bond donors (Lipinski definition) is 1. The van der Waals surface area contributed by atoms with Gasteiger partial charge in [0, 0.05) is 12.6 Å². The average molecular weight is 308 g/mol. The van der Waals surface area contributed by atoms with Gasteiger partial charge in [-0.15, -0.1) is 0 Å². The van der Waals surface area contributed by atoms with Crippen molar-refractivity contribution in [3.05, 3.63) is 33.9 Å². The van der Waals surface area contributed by atoms with E-state index in [4.69, 9.17) is 4.74 Å². The lowest BCUT2D eigenvalue weighted by molar-refractivity contribution is -0.386. The highest BCUT2D eigenvalue weighted by Gasteiger charge is 2.27. The minimum absolute atomic E-state index is 0.00420. The van der Waals surface area contributed by atoms with E-state index in [0.717, 1.165) is 0 Å². The van der Waals surface area contributed by atoms with Gasteiger partial charge in [-0.25, -0.2) is 0 Å². The molecule has 0 fully saturated rings. The first-order chi connectivity index (χ1) is 9.83. The summed E-state index contributed by atoms with van der Waals surface area (Å²) in [5.74, 6) is -0.00420. The van der Waals surface area contributed by atoms with Crippen LogP contribution in [0.1, 0.15) is 5.56 Å². The van der Waals surface area contributed by atoms with Gasteiger partial charge in [0.1, 0.15) is 13.2 Å². The molecule has 0 atom stereocenters. The molecule has 1 rings (SSSR count). The number of nitro benzene ring substituents is 1. The Morgan fingerprint density at radius 2 is 2.05 bits per heavy atom. The number of halogens is 3. The Labute approximate surface area is 119 Å². The number of rotatable bonds is 8. The van der Waals surface area contributed by atoms with Gasteiger partial charge in [-0.3, -0.25) is 10.1 Å². The lowest BCUT2D eigenvalue weighted by Crippen LogP contribution is -2.19. The lowest BCUT2D eigenvalue weighted by Gasteiger charge is -2.10. The number of nitrogens with zero attached hydrogens (tertiary/aromatic N) is 1. The summed E-state index contributed by atoms with van der Waals surface area (Å²) < 4.78 is 44.9. The summed E-state index contributed by atoms with van der Waals surface area (Å²) in [6.07, 6.45) is -4.40. The predicted molar refractivity (Wildman–Crippen MR) is 68.2 cm³/mol. The summed E-state index contributed by atoms with van der Waals surface area (Å²) in [5.41, 5.74) is 0.462. The van der Waals surface area contributed by atoms with Crippen molar-refractivity contribution in [2.24, 2.45) is 0 Å². The van der Waals surface area contributed by atoms with E-state index in [1.807, 2.05) is 0 Å². The highest BCUT2D eigenvalue weighted by molar-refractivity contribution is 5.48. The second kappa shape index (κ2) is 7.79. The molecule has 0 heterocycles. The summed E-state index contributed by atoms with van der Waals surface area (Å²) in [4.78, 5) is 10.3. The molecule has 21 heavy (non-hydrogen) atoms. The smallest absolute Gasteiger partial charge is 0.411 e. The summed E-state index contributed by atoms with van der Waals surface area (Å²) in [7, 11) is 1.70. The van der Waals surface area contributed by atoms with Crippen molar-refractivity contribution >= 4 is 5.69 Å². The fourth-order valence-electron chi connectivity index (χ4n) is 1.54. The molecule has 1 N–H and O–H groups in total. The Morgan fingerprint density at radius 3 is 2.62 bits per heavy atom. The minimum Gasteiger partial charge on any atom is -0.484 e. The van der Waals surface area contributed by atoms with Crippen LogP contribution in [-0.4, -0.2) is 38.0 Å². The fourth-order valence-corrected chi connectivity index (χ4v) is 1.54. The molecule has 0 aliphatic heterocycles. The Kier molecular flexibility index (Phi) is 6.38. The van der Waals surface area contributed by atoms with Gasteiger partial charge in [0.25, 0.3) is 0 Å². The predicted octanol–water partition coefficient (Wildman–Crippen LogP) is 2.27. The molecular weight excluding hydrogens is 293 g/mol. The van der Waals surface area contributed by atoms with E-state index in [9.17, 15) is 23.3 Å². The van der Waals surface area contributed by atoms with Crippen LogP contribution >= 0.6 is 0 Å². The maximum absolute atomic E-state index is 11.8. The van der Waals surface area contributed by atoms with Crippen molar-refractivity contribution in [1.29, 1.82) is 0 Å². The van der Waals surface area contributed by atoms with Crippen LogP contribution in [0.15, 0.2) is 18.2 Å². The molecule has 1 aromatic rings. The van der Waals surface area contributed by atoms with Gasteiger partial charge >= 0.3 is 11.9 Å². The van der Waals surface area contributed by atoms with E-state index < -0.39 is 17.7 Å². The van der Waals surface area contributed by atoms with Gasteiger partial charge in [0.15, 0.2) is 5.75 Å².